The van der Waals surface area contributed by atoms with Crippen molar-refractivity contribution in [2.24, 2.45) is 11.7 Å². The van der Waals surface area contributed by atoms with E-state index in [1.54, 1.807) is 0 Å². The molecule has 0 amide bonds. The summed E-state index contributed by atoms with van der Waals surface area (Å²) in [6.45, 7) is 11.1. The van der Waals surface area contributed by atoms with Crippen LogP contribution in [0.2, 0.25) is 0 Å². The minimum atomic E-state index is 0.210. The van der Waals surface area contributed by atoms with Crippen molar-refractivity contribution >= 4 is 0 Å². The molecule has 0 saturated carbocycles. The third kappa shape index (κ3) is 3.37. The Labute approximate surface area is 118 Å². The summed E-state index contributed by atoms with van der Waals surface area (Å²) in [7, 11) is 0. The second-order valence-corrected chi connectivity index (χ2v) is 6.54. The Morgan fingerprint density at radius 1 is 1.16 bits per heavy atom. The molecule has 1 aromatic rings. The van der Waals surface area contributed by atoms with Gasteiger partial charge in [0.05, 0.1) is 0 Å². The molecule has 0 spiro atoms. The lowest BCUT2D eigenvalue weighted by Crippen LogP contribution is -2.47. The van der Waals surface area contributed by atoms with Gasteiger partial charge < -0.3 is 10.6 Å². The highest BCUT2D eigenvalue weighted by Crippen LogP contribution is 2.34. The van der Waals surface area contributed by atoms with E-state index in [1.165, 1.54) is 43.6 Å². The van der Waals surface area contributed by atoms with Gasteiger partial charge in [0.2, 0.25) is 0 Å². The lowest BCUT2D eigenvalue weighted by atomic mass is 9.72. The van der Waals surface area contributed by atoms with E-state index in [0.717, 1.165) is 12.5 Å². The maximum absolute atomic E-state index is 6.14. The number of piperidine rings is 1. The van der Waals surface area contributed by atoms with Crippen LogP contribution in [-0.4, -0.2) is 31.1 Å². The quantitative estimate of drug-likeness (QED) is 0.902. The zero-order chi connectivity index (χ0) is 13.9. The van der Waals surface area contributed by atoms with Crippen molar-refractivity contribution in [1.29, 1.82) is 0 Å². The average Bonchev–Trinajstić information content (AvgIpc) is 2.40. The number of nitrogens with two attached hydrogens (primary N) is 1. The minimum Gasteiger partial charge on any atom is -0.330 e. The molecule has 1 aromatic carbocycles. The third-order valence-corrected chi connectivity index (χ3v) is 4.49. The van der Waals surface area contributed by atoms with Crippen LogP contribution in [0, 0.1) is 12.8 Å². The van der Waals surface area contributed by atoms with E-state index in [1.807, 2.05) is 0 Å². The van der Waals surface area contributed by atoms with Gasteiger partial charge in [0.15, 0.2) is 0 Å². The van der Waals surface area contributed by atoms with Gasteiger partial charge in [-0.1, -0.05) is 43.7 Å². The molecule has 2 N–H and O–H groups in total. The molecule has 1 saturated heterocycles. The lowest BCUT2D eigenvalue weighted by molar-refractivity contribution is 0.148. The van der Waals surface area contributed by atoms with Crippen LogP contribution in [0.4, 0.5) is 0 Å². The predicted octanol–water partition coefficient (Wildman–Crippen LogP) is 2.94. The maximum atomic E-state index is 6.14. The molecule has 2 nitrogen and oxygen atoms in total. The molecule has 2 rings (SSSR count). The smallest absolute Gasteiger partial charge is 0.00998 e. The number of aryl methyl sites for hydroxylation is 1. The Bertz CT molecular complexity index is 386. The van der Waals surface area contributed by atoms with Crippen LogP contribution in [0.5, 0.6) is 0 Å². The summed E-state index contributed by atoms with van der Waals surface area (Å²) in [4.78, 5) is 2.59. The zero-order valence-corrected chi connectivity index (χ0v) is 12.7. The zero-order valence-electron chi connectivity index (χ0n) is 12.7. The highest BCUT2D eigenvalue weighted by atomic mass is 15.1. The largest absolute Gasteiger partial charge is 0.330 e. The fourth-order valence-electron chi connectivity index (χ4n) is 3.20. The van der Waals surface area contributed by atoms with Gasteiger partial charge in [-0.3, -0.25) is 0 Å². The van der Waals surface area contributed by atoms with E-state index in [2.05, 4.69) is 49.9 Å². The van der Waals surface area contributed by atoms with Gasteiger partial charge in [0.25, 0.3) is 0 Å². The molecular formula is C17H28N2. The molecule has 19 heavy (non-hydrogen) atoms. The van der Waals surface area contributed by atoms with Gasteiger partial charge >= 0.3 is 0 Å². The van der Waals surface area contributed by atoms with Crippen LogP contribution in [0.3, 0.4) is 0 Å². The Hall–Kier alpha value is -0.860. The highest BCUT2D eigenvalue weighted by molar-refractivity contribution is 5.30. The van der Waals surface area contributed by atoms with E-state index in [-0.39, 0.29) is 5.41 Å². The number of hydrogen-bond donors (Lipinski definition) is 1. The standard InChI is InChI=1S/C17H28N2/c1-14(2)12-19-10-8-17(13-18,9-11-19)16-6-4-15(3)5-7-16/h4-7,14H,8-13,18H2,1-3H3. The Kier molecular flexibility index (Phi) is 4.64. The summed E-state index contributed by atoms with van der Waals surface area (Å²) in [6, 6.07) is 8.99. The van der Waals surface area contributed by atoms with Crippen molar-refractivity contribution < 1.29 is 0 Å². The van der Waals surface area contributed by atoms with Crippen molar-refractivity contribution in [1.82, 2.24) is 4.90 Å². The first-order chi connectivity index (χ1) is 9.05. The molecule has 0 radical (unpaired) electrons. The molecule has 1 aliphatic rings. The third-order valence-electron chi connectivity index (χ3n) is 4.49. The SMILES string of the molecule is Cc1ccc(C2(CN)CCN(CC(C)C)CC2)cc1. The molecule has 1 fully saturated rings. The fourth-order valence-corrected chi connectivity index (χ4v) is 3.20. The molecule has 0 bridgehead atoms. The van der Waals surface area contributed by atoms with E-state index in [0.29, 0.717) is 0 Å². The molecule has 2 heteroatoms. The molecule has 0 atom stereocenters. The summed E-state index contributed by atoms with van der Waals surface area (Å²) < 4.78 is 0. The van der Waals surface area contributed by atoms with Crippen molar-refractivity contribution in [2.75, 3.05) is 26.2 Å². The monoisotopic (exact) mass is 260 g/mol. The van der Waals surface area contributed by atoms with E-state index < -0.39 is 0 Å². The van der Waals surface area contributed by atoms with Crippen LogP contribution in [0.25, 0.3) is 0 Å². The first-order valence-corrected chi connectivity index (χ1v) is 7.55. The van der Waals surface area contributed by atoms with Gasteiger partial charge in [-0.15, -0.1) is 0 Å². The van der Waals surface area contributed by atoms with Crippen LogP contribution in [-0.2, 0) is 5.41 Å². The second-order valence-electron chi connectivity index (χ2n) is 6.54. The van der Waals surface area contributed by atoms with Crippen molar-refractivity contribution in [3.8, 4) is 0 Å². The Balaban J connectivity index is 2.07. The molecular weight excluding hydrogens is 232 g/mol. The number of likely N-dealkylation sites (tertiary alicyclic amines) is 1. The van der Waals surface area contributed by atoms with Crippen molar-refractivity contribution in [3.05, 3.63) is 35.4 Å². The molecule has 106 valence electrons. The molecule has 0 aliphatic carbocycles. The molecule has 0 aromatic heterocycles. The van der Waals surface area contributed by atoms with Crippen LogP contribution in [0.1, 0.15) is 37.8 Å². The van der Waals surface area contributed by atoms with Crippen LogP contribution < -0.4 is 5.73 Å². The van der Waals surface area contributed by atoms with Crippen LogP contribution in [0.15, 0.2) is 24.3 Å². The Morgan fingerprint density at radius 3 is 2.21 bits per heavy atom. The van der Waals surface area contributed by atoms with E-state index in [9.17, 15) is 0 Å². The summed E-state index contributed by atoms with van der Waals surface area (Å²) in [5, 5.41) is 0. The highest BCUT2D eigenvalue weighted by Gasteiger charge is 2.34. The average molecular weight is 260 g/mol. The van der Waals surface area contributed by atoms with E-state index >= 15 is 0 Å². The van der Waals surface area contributed by atoms with Gasteiger partial charge in [-0.2, -0.15) is 0 Å². The number of nitrogens with zero attached hydrogens (tertiary/aromatic N) is 1. The van der Waals surface area contributed by atoms with Gasteiger partial charge in [-0.25, -0.2) is 0 Å². The van der Waals surface area contributed by atoms with Crippen molar-refractivity contribution in [3.63, 3.8) is 0 Å². The fraction of sp³-hybridized carbons (Fsp3) is 0.647. The van der Waals surface area contributed by atoms with E-state index in [4.69, 9.17) is 5.73 Å². The predicted molar refractivity (Wildman–Crippen MR) is 82.4 cm³/mol. The number of hydrogen-bond acceptors (Lipinski definition) is 2. The molecule has 0 unspecified atom stereocenters. The Morgan fingerprint density at radius 2 is 1.74 bits per heavy atom. The van der Waals surface area contributed by atoms with Crippen LogP contribution >= 0.6 is 0 Å². The second kappa shape index (κ2) is 6.06. The summed E-state index contributed by atoms with van der Waals surface area (Å²) in [5.41, 5.74) is 9.11. The summed E-state index contributed by atoms with van der Waals surface area (Å²) in [5.74, 6) is 0.754. The van der Waals surface area contributed by atoms with Gasteiger partial charge in [-0.05, 0) is 44.3 Å². The topological polar surface area (TPSA) is 29.3 Å². The van der Waals surface area contributed by atoms with Crippen molar-refractivity contribution in [2.45, 2.75) is 39.0 Å². The number of rotatable bonds is 4. The first-order valence-electron chi connectivity index (χ1n) is 7.55. The minimum absolute atomic E-state index is 0.210. The normalized spacial score (nSPS) is 19.8. The molecule has 1 heterocycles. The van der Waals surface area contributed by atoms with Gasteiger partial charge in [0, 0.05) is 18.5 Å². The first kappa shape index (κ1) is 14.5. The summed E-state index contributed by atoms with van der Waals surface area (Å²) in [6.07, 6.45) is 2.39. The molecule has 1 aliphatic heterocycles. The number of benzene rings is 1. The maximum Gasteiger partial charge on any atom is 0.00998 e. The summed E-state index contributed by atoms with van der Waals surface area (Å²) >= 11 is 0. The van der Waals surface area contributed by atoms with Gasteiger partial charge in [0.1, 0.15) is 0 Å². The lowest BCUT2D eigenvalue weighted by Gasteiger charge is -2.42.